The number of anilines is 1. The number of carbonyl (C=O) groups excluding carboxylic acids is 1. The van der Waals surface area contributed by atoms with Crippen LogP contribution in [0.3, 0.4) is 0 Å². The average molecular weight is 664 g/mol. The average Bonchev–Trinajstić information content (AvgIpc) is 2.92. The third-order valence-electron chi connectivity index (χ3n) is 5.23. The minimum atomic E-state index is -0.667. The zero-order valence-electron chi connectivity index (χ0n) is 21.1. The van der Waals surface area contributed by atoms with Crippen molar-refractivity contribution < 1.29 is 28.7 Å². The summed E-state index contributed by atoms with van der Waals surface area (Å²) in [6.07, 6.45) is 1.42. The minimum Gasteiger partial charge on any atom is -0.495 e. The lowest BCUT2D eigenvalue weighted by atomic mass is 10.1. The van der Waals surface area contributed by atoms with E-state index >= 15 is 0 Å². The van der Waals surface area contributed by atoms with Crippen molar-refractivity contribution in [2.75, 3.05) is 26.1 Å². The summed E-state index contributed by atoms with van der Waals surface area (Å²) in [4.78, 5) is 23.6. The Balaban J connectivity index is 1.88. The summed E-state index contributed by atoms with van der Waals surface area (Å²) in [6, 6.07) is 14.4. The summed E-state index contributed by atoms with van der Waals surface area (Å²) in [6.45, 7) is 2.22. The molecule has 0 aliphatic heterocycles. The highest BCUT2D eigenvalue weighted by Crippen LogP contribution is 2.37. The van der Waals surface area contributed by atoms with Gasteiger partial charge in [0.15, 0.2) is 11.5 Å². The molecular formula is C27H23ClIN3O7. The summed E-state index contributed by atoms with van der Waals surface area (Å²) >= 11 is 8.18. The number of ether oxygens (including phenoxy) is 4. The number of nitrogens with zero attached hydrogens (tertiary/aromatic N) is 2. The van der Waals surface area contributed by atoms with E-state index in [2.05, 4.69) is 27.9 Å². The summed E-state index contributed by atoms with van der Waals surface area (Å²) in [5.41, 5.74) is 1.21. The van der Waals surface area contributed by atoms with Gasteiger partial charge in [0, 0.05) is 24.3 Å². The maximum Gasteiger partial charge on any atom is 0.269 e. The van der Waals surface area contributed by atoms with Gasteiger partial charge in [0.25, 0.3) is 11.6 Å². The Kier molecular flexibility index (Phi) is 10.4. The van der Waals surface area contributed by atoms with Crippen LogP contribution < -0.4 is 24.3 Å². The zero-order chi connectivity index (χ0) is 28.5. The first kappa shape index (κ1) is 29.5. The van der Waals surface area contributed by atoms with Crippen molar-refractivity contribution in [1.82, 2.24) is 0 Å². The Labute approximate surface area is 243 Å². The van der Waals surface area contributed by atoms with Crippen LogP contribution in [0.2, 0.25) is 5.02 Å². The highest BCUT2D eigenvalue weighted by molar-refractivity contribution is 14.1. The van der Waals surface area contributed by atoms with E-state index in [1.807, 2.05) is 13.0 Å². The van der Waals surface area contributed by atoms with Crippen LogP contribution in [0.25, 0.3) is 6.08 Å². The fourth-order valence-corrected chi connectivity index (χ4v) is 4.46. The van der Waals surface area contributed by atoms with Gasteiger partial charge in [0.2, 0.25) is 0 Å². The number of non-ortho nitro benzene ring substituents is 1. The van der Waals surface area contributed by atoms with Crippen molar-refractivity contribution in [1.29, 1.82) is 5.26 Å². The van der Waals surface area contributed by atoms with E-state index in [9.17, 15) is 20.2 Å². The second-order valence-corrected chi connectivity index (χ2v) is 9.36. The maximum absolute atomic E-state index is 13.0. The van der Waals surface area contributed by atoms with Crippen LogP contribution in [-0.2, 0) is 11.4 Å². The maximum atomic E-state index is 13.0. The van der Waals surface area contributed by atoms with Crippen molar-refractivity contribution in [3.05, 3.63) is 83.9 Å². The van der Waals surface area contributed by atoms with Crippen LogP contribution in [0, 0.1) is 25.0 Å². The van der Waals surface area contributed by atoms with Gasteiger partial charge in [-0.25, -0.2) is 0 Å². The molecule has 3 aromatic rings. The van der Waals surface area contributed by atoms with E-state index in [-0.39, 0.29) is 23.6 Å². The molecule has 3 rings (SSSR count). The Bertz CT molecular complexity index is 1470. The second kappa shape index (κ2) is 13.7. The smallest absolute Gasteiger partial charge is 0.269 e. The first-order valence-electron chi connectivity index (χ1n) is 11.4. The molecule has 202 valence electrons. The van der Waals surface area contributed by atoms with Gasteiger partial charge in [0.05, 0.1) is 40.0 Å². The molecule has 1 N–H and O–H groups in total. The number of hydrogen-bond acceptors (Lipinski definition) is 8. The van der Waals surface area contributed by atoms with Crippen molar-refractivity contribution in [3.8, 4) is 29.1 Å². The first-order chi connectivity index (χ1) is 18.7. The van der Waals surface area contributed by atoms with Gasteiger partial charge < -0.3 is 24.3 Å². The Morgan fingerprint density at radius 3 is 2.51 bits per heavy atom. The number of amides is 1. The van der Waals surface area contributed by atoms with Gasteiger partial charge in [-0.05, 0) is 58.9 Å². The highest BCUT2D eigenvalue weighted by atomic mass is 127. The Hall–Kier alpha value is -4.02. The molecule has 1 amide bonds. The van der Waals surface area contributed by atoms with Crippen molar-refractivity contribution in [3.63, 3.8) is 0 Å². The van der Waals surface area contributed by atoms with Gasteiger partial charge in [0.1, 0.15) is 29.7 Å². The van der Waals surface area contributed by atoms with Gasteiger partial charge in [-0.3, -0.25) is 14.9 Å². The first-order valence-corrected chi connectivity index (χ1v) is 12.8. The van der Waals surface area contributed by atoms with E-state index in [0.29, 0.717) is 49.3 Å². The molecular weight excluding hydrogens is 641 g/mol. The Morgan fingerprint density at radius 1 is 1.13 bits per heavy atom. The molecule has 0 unspecified atom stereocenters. The molecule has 0 spiro atoms. The largest absolute Gasteiger partial charge is 0.495 e. The highest BCUT2D eigenvalue weighted by Gasteiger charge is 2.18. The lowest BCUT2D eigenvalue weighted by Gasteiger charge is -2.15. The monoisotopic (exact) mass is 663 g/mol. The van der Waals surface area contributed by atoms with Crippen molar-refractivity contribution in [2.45, 2.75) is 13.5 Å². The number of halogens is 2. The molecule has 10 nitrogen and oxygen atoms in total. The number of methoxy groups -OCH3 is 2. The van der Waals surface area contributed by atoms with Crippen LogP contribution in [-0.4, -0.2) is 31.7 Å². The van der Waals surface area contributed by atoms with Crippen LogP contribution in [0.15, 0.2) is 54.1 Å². The molecule has 0 saturated carbocycles. The number of carbonyl (C=O) groups is 1. The van der Waals surface area contributed by atoms with Crippen molar-refractivity contribution in [2.24, 2.45) is 0 Å². The molecule has 0 fully saturated rings. The van der Waals surface area contributed by atoms with E-state index in [1.54, 1.807) is 24.3 Å². The topological polar surface area (TPSA) is 133 Å². The van der Waals surface area contributed by atoms with Gasteiger partial charge in [-0.2, -0.15) is 5.26 Å². The number of benzene rings is 3. The number of nitriles is 1. The molecule has 0 aliphatic rings. The molecule has 0 saturated heterocycles. The summed E-state index contributed by atoms with van der Waals surface area (Å²) in [5.74, 6) is 0.779. The summed E-state index contributed by atoms with van der Waals surface area (Å²) in [5, 5.41) is 23.7. The summed E-state index contributed by atoms with van der Waals surface area (Å²) in [7, 11) is 2.86. The molecule has 0 atom stereocenters. The van der Waals surface area contributed by atoms with E-state index in [4.69, 9.17) is 30.5 Å². The number of nitro groups is 1. The molecule has 3 aromatic carbocycles. The lowest BCUT2D eigenvalue weighted by molar-refractivity contribution is -0.384. The molecule has 0 heterocycles. The normalized spacial score (nSPS) is 10.8. The third kappa shape index (κ3) is 7.52. The lowest BCUT2D eigenvalue weighted by Crippen LogP contribution is -2.14. The third-order valence-corrected chi connectivity index (χ3v) is 6.33. The molecule has 0 radical (unpaired) electrons. The SMILES string of the molecule is CCOc1cc(/C=C(\C#N)C(=O)Nc2cc(OC)c(Cl)cc2OC)cc(I)c1OCc1cccc([N+](=O)[O-])c1. The van der Waals surface area contributed by atoms with E-state index < -0.39 is 10.8 Å². The minimum absolute atomic E-state index is 0.0340. The zero-order valence-corrected chi connectivity index (χ0v) is 24.0. The Morgan fingerprint density at radius 2 is 1.87 bits per heavy atom. The van der Waals surface area contributed by atoms with E-state index in [1.165, 1.54) is 44.6 Å². The van der Waals surface area contributed by atoms with Crippen LogP contribution in [0.1, 0.15) is 18.1 Å². The van der Waals surface area contributed by atoms with Crippen LogP contribution >= 0.6 is 34.2 Å². The number of nitrogens with one attached hydrogen (secondary N) is 1. The quantitative estimate of drug-likeness (QED) is 0.0820. The van der Waals surface area contributed by atoms with Crippen LogP contribution in [0.5, 0.6) is 23.0 Å². The predicted octanol–water partition coefficient (Wildman–Crippen LogP) is 6.39. The van der Waals surface area contributed by atoms with Gasteiger partial charge in [-0.15, -0.1) is 0 Å². The van der Waals surface area contributed by atoms with Crippen molar-refractivity contribution >= 4 is 57.5 Å². The molecule has 12 heteroatoms. The van der Waals surface area contributed by atoms with E-state index in [0.717, 1.165) is 0 Å². The molecule has 0 bridgehead atoms. The predicted molar refractivity (Wildman–Crippen MR) is 155 cm³/mol. The standard InChI is InChI=1S/C27H23ClIN3O7/c1-4-38-25-11-17(10-21(29)26(25)39-15-16-6-5-7-19(9-16)32(34)35)8-18(14-30)27(33)31-22-13-23(36-2)20(28)12-24(22)37-3/h5-13H,4,15H2,1-3H3,(H,31,33)/b18-8+. The summed E-state index contributed by atoms with van der Waals surface area (Å²) < 4.78 is 22.8. The van der Waals surface area contributed by atoms with Gasteiger partial charge in [-0.1, -0.05) is 23.7 Å². The molecule has 39 heavy (non-hydrogen) atoms. The molecule has 0 aromatic heterocycles. The molecule has 0 aliphatic carbocycles. The van der Waals surface area contributed by atoms with Gasteiger partial charge >= 0.3 is 0 Å². The van der Waals surface area contributed by atoms with Crippen LogP contribution in [0.4, 0.5) is 11.4 Å². The number of hydrogen-bond donors (Lipinski definition) is 1. The fourth-order valence-electron chi connectivity index (χ4n) is 3.45. The second-order valence-electron chi connectivity index (χ2n) is 7.79. The fraction of sp³-hybridized carbons (Fsp3) is 0.185. The number of rotatable bonds is 11. The number of nitro benzene ring substituents is 1.